The van der Waals surface area contributed by atoms with Crippen LogP contribution < -0.4 is 0 Å². The van der Waals surface area contributed by atoms with E-state index in [4.69, 9.17) is 4.74 Å². The van der Waals surface area contributed by atoms with Crippen LogP contribution in [0.4, 0.5) is 0 Å². The van der Waals surface area contributed by atoms with Gasteiger partial charge in [0.15, 0.2) is 0 Å². The van der Waals surface area contributed by atoms with Crippen molar-refractivity contribution in [1.82, 2.24) is 14.5 Å². The lowest BCUT2D eigenvalue weighted by Crippen LogP contribution is -2.34. The SMILES string of the molecule is COCCN1C(=O)CC(C(=O)O)C1c1cncn1C1CC1. The summed E-state index contributed by atoms with van der Waals surface area (Å²) >= 11 is 0. The highest BCUT2D eigenvalue weighted by Gasteiger charge is 2.46. The number of hydrogen-bond acceptors (Lipinski definition) is 4. The predicted molar refractivity (Wildman–Crippen MR) is 72.6 cm³/mol. The molecule has 7 nitrogen and oxygen atoms in total. The molecule has 2 aliphatic rings. The number of nitrogens with zero attached hydrogens (tertiary/aromatic N) is 3. The number of aromatic nitrogens is 2. The van der Waals surface area contributed by atoms with E-state index in [1.807, 2.05) is 4.57 Å². The second-order valence-electron chi connectivity index (χ2n) is 5.63. The number of methoxy groups -OCH3 is 1. The van der Waals surface area contributed by atoms with Gasteiger partial charge in [-0.15, -0.1) is 0 Å². The second kappa shape index (κ2) is 5.48. The second-order valence-corrected chi connectivity index (χ2v) is 5.63. The fourth-order valence-electron chi connectivity index (χ4n) is 3.03. The molecule has 7 heteroatoms. The van der Waals surface area contributed by atoms with Crippen LogP contribution in [0.2, 0.25) is 0 Å². The van der Waals surface area contributed by atoms with Gasteiger partial charge in [-0.25, -0.2) is 4.98 Å². The van der Waals surface area contributed by atoms with Crippen molar-refractivity contribution in [1.29, 1.82) is 0 Å². The van der Waals surface area contributed by atoms with Gasteiger partial charge in [-0.1, -0.05) is 0 Å². The highest BCUT2D eigenvalue weighted by molar-refractivity contribution is 5.87. The Kier molecular flexibility index (Phi) is 3.67. The molecular formula is C14H19N3O4. The van der Waals surface area contributed by atoms with Crippen LogP contribution in [0.15, 0.2) is 12.5 Å². The summed E-state index contributed by atoms with van der Waals surface area (Å²) in [6.07, 6.45) is 5.64. The molecular weight excluding hydrogens is 274 g/mol. The van der Waals surface area contributed by atoms with Crippen LogP contribution in [0, 0.1) is 5.92 Å². The zero-order valence-corrected chi connectivity index (χ0v) is 11.9. The summed E-state index contributed by atoms with van der Waals surface area (Å²) in [5, 5.41) is 9.45. The predicted octanol–water partition coefficient (Wildman–Crippen LogP) is 0.839. The van der Waals surface area contributed by atoms with E-state index in [1.165, 1.54) is 0 Å². The lowest BCUT2D eigenvalue weighted by Gasteiger charge is -2.27. The molecule has 2 atom stereocenters. The van der Waals surface area contributed by atoms with Gasteiger partial charge in [-0.3, -0.25) is 9.59 Å². The average Bonchev–Trinajstić information content (AvgIpc) is 3.09. The standard InChI is InChI=1S/C14H19N3O4/c1-21-5-4-16-12(18)6-10(14(19)20)13(16)11-7-15-8-17(11)9-2-3-9/h7-10,13H,2-6H2,1H3,(H,19,20). The van der Waals surface area contributed by atoms with Gasteiger partial charge in [0.25, 0.3) is 0 Å². The van der Waals surface area contributed by atoms with E-state index < -0.39 is 17.9 Å². The first-order chi connectivity index (χ1) is 10.1. The summed E-state index contributed by atoms with van der Waals surface area (Å²) in [5.41, 5.74) is 0.826. The summed E-state index contributed by atoms with van der Waals surface area (Å²) in [6, 6.07) is -0.0508. The summed E-state index contributed by atoms with van der Waals surface area (Å²) in [4.78, 5) is 29.5. The Bertz CT molecular complexity index is 552. The molecule has 1 amide bonds. The molecule has 0 bridgehead atoms. The minimum atomic E-state index is -0.934. The number of carboxylic acids is 1. The maximum atomic E-state index is 12.2. The number of hydrogen-bond donors (Lipinski definition) is 1. The van der Waals surface area contributed by atoms with Crippen LogP contribution in [-0.2, 0) is 14.3 Å². The van der Waals surface area contributed by atoms with Crippen molar-refractivity contribution in [3.05, 3.63) is 18.2 Å². The minimum Gasteiger partial charge on any atom is -0.481 e. The van der Waals surface area contributed by atoms with Crippen molar-refractivity contribution < 1.29 is 19.4 Å². The van der Waals surface area contributed by atoms with Gasteiger partial charge in [0.2, 0.25) is 5.91 Å². The first-order valence-corrected chi connectivity index (χ1v) is 7.16. The summed E-state index contributed by atoms with van der Waals surface area (Å²) in [7, 11) is 1.57. The number of carbonyl (C=O) groups is 2. The Labute approximate surface area is 122 Å². The molecule has 2 unspecified atom stereocenters. The van der Waals surface area contributed by atoms with E-state index in [0.29, 0.717) is 19.2 Å². The molecule has 1 aromatic rings. The van der Waals surface area contributed by atoms with E-state index in [9.17, 15) is 14.7 Å². The zero-order chi connectivity index (χ0) is 15.0. The zero-order valence-electron chi connectivity index (χ0n) is 11.9. The van der Waals surface area contributed by atoms with Crippen LogP contribution in [0.5, 0.6) is 0 Å². The highest BCUT2D eigenvalue weighted by Crippen LogP contribution is 2.42. The lowest BCUT2D eigenvalue weighted by molar-refractivity contribution is -0.142. The summed E-state index contributed by atoms with van der Waals surface area (Å²) < 4.78 is 7.07. The third-order valence-electron chi connectivity index (χ3n) is 4.22. The van der Waals surface area contributed by atoms with Gasteiger partial charge in [0.05, 0.1) is 36.8 Å². The first-order valence-electron chi connectivity index (χ1n) is 7.16. The van der Waals surface area contributed by atoms with Crippen molar-refractivity contribution in [3.8, 4) is 0 Å². The minimum absolute atomic E-state index is 0.0412. The van der Waals surface area contributed by atoms with Gasteiger partial charge in [-0.2, -0.15) is 0 Å². The molecule has 0 radical (unpaired) electrons. The topological polar surface area (TPSA) is 84.7 Å². The number of imidazole rings is 1. The van der Waals surface area contributed by atoms with Crippen molar-refractivity contribution in [2.75, 3.05) is 20.3 Å². The molecule has 0 aromatic carbocycles. The summed E-state index contributed by atoms with van der Waals surface area (Å²) in [6.45, 7) is 0.797. The largest absolute Gasteiger partial charge is 0.481 e. The van der Waals surface area contributed by atoms with Crippen LogP contribution in [0.25, 0.3) is 0 Å². The fourth-order valence-corrected chi connectivity index (χ4v) is 3.03. The third kappa shape index (κ3) is 2.53. The Hall–Kier alpha value is -1.89. The third-order valence-corrected chi connectivity index (χ3v) is 4.22. The van der Waals surface area contributed by atoms with Crippen molar-refractivity contribution in [2.24, 2.45) is 5.92 Å². The molecule has 1 saturated heterocycles. The van der Waals surface area contributed by atoms with E-state index in [1.54, 1.807) is 24.5 Å². The number of likely N-dealkylation sites (tertiary alicyclic amines) is 1. The van der Waals surface area contributed by atoms with Crippen molar-refractivity contribution >= 4 is 11.9 Å². The maximum Gasteiger partial charge on any atom is 0.309 e. The van der Waals surface area contributed by atoms with Crippen LogP contribution in [0.3, 0.4) is 0 Å². The Morgan fingerprint density at radius 2 is 2.29 bits per heavy atom. The van der Waals surface area contributed by atoms with E-state index in [2.05, 4.69) is 4.98 Å². The number of rotatable bonds is 6. The van der Waals surface area contributed by atoms with E-state index in [0.717, 1.165) is 18.5 Å². The lowest BCUT2D eigenvalue weighted by atomic mass is 9.98. The molecule has 0 spiro atoms. The molecule has 2 fully saturated rings. The normalized spacial score (nSPS) is 25.6. The van der Waals surface area contributed by atoms with Crippen LogP contribution in [0.1, 0.15) is 37.0 Å². The number of amides is 1. The molecule has 114 valence electrons. The number of carbonyl (C=O) groups excluding carboxylic acids is 1. The maximum absolute atomic E-state index is 12.2. The van der Waals surface area contributed by atoms with Gasteiger partial charge >= 0.3 is 5.97 Å². The summed E-state index contributed by atoms with van der Waals surface area (Å²) in [5.74, 6) is -1.78. The van der Waals surface area contributed by atoms with Crippen LogP contribution >= 0.6 is 0 Å². The highest BCUT2D eigenvalue weighted by atomic mass is 16.5. The number of carboxylic acid groups (broad SMARTS) is 1. The van der Waals surface area contributed by atoms with Crippen LogP contribution in [-0.4, -0.2) is 51.7 Å². The smallest absolute Gasteiger partial charge is 0.309 e. The molecule has 1 saturated carbocycles. The molecule has 1 aliphatic heterocycles. The molecule has 1 aromatic heterocycles. The average molecular weight is 293 g/mol. The Balaban J connectivity index is 1.93. The number of ether oxygens (including phenoxy) is 1. The number of aliphatic carboxylic acids is 1. The molecule has 1 aliphatic carbocycles. The molecule has 3 rings (SSSR count). The Morgan fingerprint density at radius 3 is 2.90 bits per heavy atom. The first kappa shape index (κ1) is 14.1. The van der Waals surface area contributed by atoms with Crippen molar-refractivity contribution in [3.63, 3.8) is 0 Å². The Morgan fingerprint density at radius 1 is 1.52 bits per heavy atom. The van der Waals surface area contributed by atoms with Gasteiger partial charge in [0.1, 0.15) is 0 Å². The van der Waals surface area contributed by atoms with E-state index in [-0.39, 0.29) is 12.3 Å². The van der Waals surface area contributed by atoms with Gasteiger partial charge in [0, 0.05) is 26.1 Å². The monoisotopic (exact) mass is 293 g/mol. The quantitative estimate of drug-likeness (QED) is 0.840. The molecule has 2 heterocycles. The van der Waals surface area contributed by atoms with Gasteiger partial charge < -0.3 is 19.3 Å². The van der Waals surface area contributed by atoms with E-state index >= 15 is 0 Å². The van der Waals surface area contributed by atoms with Crippen molar-refractivity contribution in [2.45, 2.75) is 31.3 Å². The van der Waals surface area contributed by atoms with Gasteiger partial charge in [-0.05, 0) is 12.8 Å². The molecule has 21 heavy (non-hydrogen) atoms. The fraction of sp³-hybridized carbons (Fsp3) is 0.643. The molecule has 1 N–H and O–H groups in total.